The number of anilines is 1. The van der Waals surface area contributed by atoms with Crippen LogP contribution in [0.1, 0.15) is 29.6 Å². The van der Waals surface area contributed by atoms with E-state index in [9.17, 15) is 13.2 Å². The van der Waals surface area contributed by atoms with Gasteiger partial charge in [0, 0.05) is 13.1 Å². The highest BCUT2D eigenvalue weighted by Crippen LogP contribution is 2.24. The van der Waals surface area contributed by atoms with Gasteiger partial charge in [-0.25, -0.2) is 8.42 Å². The first-order valence-corrected chi connectivity index (χ1v) is 9.80. The number of benzene rings is 1. The summed E-state index contributed by atoms with van der Waals surface area (Å²) in [6.45, 7) is 2.45. The molecule has 128 valence electrons. The van der Waals surface area contributed by atoms with Crippen LogP contribution in [-0.2, 0) is 10.0 Å². The summed E-state index contributed by atoms with van der Waals surface area (Å²) < 4.78 is 25.3. The molecule has 0 atom stereocenters. The number of carbonyl (C=O) groups excluding carboxylic acids is 1. The van der Waals surface area contributed by atoms with E-state index in [1.807, 2.05) is 11.9 Å². The van der Waals surface area contributed by atoms with Crippen molar-refractivity contribution in [1.29, 1.82) is 0 Å². The van der Waals surface area contributed by atoms with Crippen LogP contribution < -0.4 is 10.0 Å². The van der Waals surface area contributed by atoms with E-state index in [2.05, 4.69) is 10.0 Å². The summed E-state index contributed by atoms with van der Waals surface area (Å²) >= 11 is 0. The van der Waals surface area contributed by atoms with Gasteiger partial charge in [-0.3, -0.25) is 9.52 Å². The molecule has 1 aromatic carbocycles. The van der Waals surface area contributed by atoms with Crippen molar-refractivity contribution < 1.29 is 13.2 Å². The topological polar surface area (TPSA) is 78.5 Å². The van der Waals surface area contributed by atoms with E-state index >= 15 is 0 Å². The lowest BCUT2D eigenvalue weighted by Gasteiger charge is -2.32. The summed E-state index contributed by atoms with van der Waals surface area (Å²) in [5.41, 5.74) is 0.754. The van der Waals surface area contributed by atoms with E-state index in [0.29, 0.717) is 17.2 Å². The Morgan fingerprint density at radius 3 is 2.52 bits per heavy atom. The molecule has 0 aromatic heterocycles. The van der Waals surface area contributed by atoms with Gasteiger partial charge in [-0.2, -0.15) is 0 Å². The van der Waals surface area contributed by atoms with Crippen LogP contribution in [0.25, 0.3) is 0 Å². The SMILES string of the molecule is CNCCC1CCN(C(=O)c2ccccc2NS(C)(=O)=O)CC1. The van der Waals surface area contributed by atoms with Crippen molar-refractivity contribution in [2.45, 2.75) is 19.3 Å². The van der Waals surface area contributed by atoms with E-state index in [4.69, 9.17) is 0 Å². The predicted molar refractivity (Wildman–Crippen MR) is 92.1 cm³/mol. The lowest BCUT2D eigenvalue weighted by Crippen LogP contribution is -2.39. The van der Waals surface area contributed by atoms with Gasteiger partial charge in [0.25, 0.3) is 5.91 Å². The minimum atomic E-state index is -3.41. The minimum Gasteiger partial charge on any atom is -0.339 e. The van der Waals surface area contributed by atoms with Crippen molar-refractivity contribution in [3.8, 4) is 0 Å². The number of carbonyl (C=O) groups is 1. The van der Waals surface area contributed by atoms with E-state index in [1.165, 1.54) is 0 Å². The molecule has 0 spiro atoms. The van der Waals surface area contributed by atoms with Crippen LogP contribution in [0.4, 0.5) is 5.69 Å². The molecule has 0 unspecified atom stereocenters. The molecule has 23 heavy (non-hydrogen) atoms. The Bertz CT molecular complexity index is 638. The van der Waals surface area contributed by atoms with Gasteiger partial charge >= 0.3 is 0 Å². The van der Waals surface area contributed by atoms with Gasteiger partial charge in [0.05, 0.1) is 17.5 Å². The molecule has 0 saturated carbocycles. The highest BCUT2D eigenvalue weighted by molar-refractivity contribution is 7.92. The monoisotopic (exact) mass is 339 g/mol. The molecule has 0 aliphatic carbocycles. The Balaban J connectivity index is 2.04. The molecule has 2 rings (SSSR count). The molecule has 2 N–H and O–H groups in total. The zero-order valence-electron chi connectivity index (χ0n) is 13.7. The van der Waals surface area contributed by atoms with E-state index in [0.717, 1.165) is 45.2 Å². The molecular formula is C16H25N3O3S. The fourth-order valence-electron chi connectivity index (χ4n) is 2.90. The normalized spacial score (nSPS) is 16.3. The Morgan fingerprint density at radius 1 is 1.26 bits per heavy atom. The summed E-state index contributed by atoms with van der Waals surface area (Å²) in [6.07, 6.45) is 4.20. The van der Waals surface area contributed by atoms with Crippen molar-refractivity contribution in [3.05, 3.63) is 29.8 Å². The van der Waals surface area contributed by atoms with Gasteiger partial charge in [0.2, 0.25) is 10.0 Å². The maximum absolute atomic E-state index is 12.7. The lowest BCUT2D eigenvalue weighted by molar-refractivity contribution is 0.0688. The number of amides is 1. The number of hydrogen-bond acceptors (Lipinski definition) is 4. The molecule has 0 radical (unpaired) electrons. The Kier molecular flexibility index (Phi) is 6.01. The van der Waals surface area contributed by atoms with Crippen LogP contribution in [0.15, 0.2) is 24.3 Å². The second-order valence-corrected chi connectivity index (χ2v) is 7.80. The highest BCUT2D eigenvalue weighted by atomic mass is 32.2. The standard InChI is InChI=1S/C16H25N3O3S/c1-17-10-7-13-8-11-19(12-9-13)16(20)14-5-3-4-6-15(14)18-23(2,21)22/h3-6,13,17-18H,7-12H2,1-2H3. The fourth-order valence-corrected chi connectivity index (χ4v) is 3.48. The first-order chi connectivity index (χ1) is 10.9. The first kappa shape index (κ1) is 17.7. The third-order valence-electron chi connectivity index (χ3n) is 4.16. The van der Waals surface area contributed by atoms with Crippen LogP contribution in [0.2, 0.25) is 0 Å². The van der Waals surface area contributed by atoms with Crippen LogP contribution in [0.3, 0.4) is 0 Å². The molecule has 6 nitrogen and oxygen atoms in total. The Morgan fingerprint density at radius 2 is 1.91 bits per heavy atom. The fraction of sp³-hybridized carbons (Fsp3) is 0.562. The summed E-state index contributed by atoms with van der Waals surface area (Å²) in [6, 6.07) is 6.76. The van der Waals surface area contributed by atoms with Gasteiger partial charge in [-0.05, 0) is 50.9 Å². The number of sulfonamides is 1. The first-order valence-electron chi connectivity index (χ1n) is 7.91. The van der Waals surface area contributed by atoms with Crippen molar-refractivity contribution in [3.63, 3.8) is 0 Å². The number of piperidine rings is 1. The Hall–Kier alpha value is -1.60. The van der Waals surface area contributed by atoms with E-state index in [1.54, 1.807) is 24.3 Å². The van der Waals surface area contributed by atoms with Crippen LogP contribution in [-0.4, -0.2) is 52.2 Å². The number of para-hydroxylation sites is 1. The van der Waals surface area contributed by atoms with E-state index < -0.39 is 10.0 Å². The summed E-state index contributed by atoms with van der Waals surface area (Å²) in [4.78, 5) is 14.5. The lowest BCUT2D eigenvalue weighted by atomic mass is 9.93. The molecule has 1 aromatic rings. The smallest absolute Gasteiger partial charge is 0.255 e. The molecule has 0 bridgehead atoms. The number of nitrogens with zero attached hydrogens (tertiary/aromatic N) is 1. The number of hydrogen-bond donors (Lipinski definition) is 2. The third-order valence-corrected chi connectivity index (χ3v) is 4.75. The second kappa shape index (κ2) is 7.79. The van der Waals surface area contributed by atoms with Gasteiger partial charge in [-0.15, -0.1) is 0 Å². The molecule has 1 heterocycles. The molecule has 1 aliphatic heterocycles. The number of rotatable bonds is 6. The van der Waals surface area contributed by atoms with Crippen molar-refractivity contribution in [2.75, 3.05) is 37.7 Å². The van der Waals surface area contributed by atoms with Gasteiger partial charge in [0.1, 0.15) is 0 Å². The molecule has 1 aliphatic rings. The van der Waals surface area contributed by atoms with Crippen LogP contribution >= 0.6 is 0 Å². The molecule has 7 heteroatoms. The van der Waals surface area contributed by atoms with Gasteiger partial charge in [-0.1, -0.05) is 12.1 Å². The zero-order chi connectivity index (χ0) is 16.9. The predicted octanol–water partition coefficient (Wildman–Crippen LogP) is 1.52. The van der Waals surface area contributed by atoms with Crippen molar-refractivity contribution in [1.82, 2.24) is 10.2 Å². The summed E-state index contributed by atoms with van der Waals surface area (Å²) in [5, 5.41) is 3.16. The number of likely N-dealkylation sites (tertiary alicyclic amines) is 1. The summed E-state index contributed by atoms with van der Waals surface area (Å²) in [7, 11) is -1.46. The van der Waals surface area contributed by atoms with Gasteiger partial charge < -0.3 is 10.2 Å². The average molecular weight is 339 g/mol. The maximum atomic E-state index is 12.7. The van der Waals surface area contributed by atoms with Crippen molar-refractivity contribution in [2.24, 2.45) is 5.92 Å². The molecule has 1 saturated heterocycles. The van der Waals surface area contributed by atoms with Crippen LogP contribution in [0, 0.1) is 5.92 Å². The zero-order valence-corrected chi connectivity index (χ0v) is 14.5. The van der Waals surface area contributed by atoms with E-state index in [-0.39, 0.29) is 5.91 Å². The molecule has 1 fully saturated rings. The average Bonchev–Trinajstić information content (AvgIpc) is 2.52. The third kappa shape index (κ3) is 5.21. The maximum Gasteiger partial charge on any atom is 0.255 e. The summed E-state index contributed by atoms with van der Waals surface area (Å²) in [5.74, 6) is 0.541. The van der Waals surface area contributed by atoms with Crippen molar-refractivity contribution >= 4 is 21.6 Å². The Labute approximate surface area is 138 Å². The molecular weight excluding hydrogens is 314 g/mol. The number of nitrogens with one attached hydrogen (secondary N) is 2. The largest absolute Gasteiger partial charge is 0.339 e. The second-order valence-electron chi connectivity index (χ2n) is 6.05. The minimum absolute atomic E-state index is 0.108. The van der Waals surface area contributed by atoms with Gasteiger partial charge in [0.15, 0.2) is 0 Å². The highest BCUT2D eigenvalue weighted by Gasteiger charge is 2.25. The van der Waals surface area contributed by atoms with Crippen LogP contribution in [0.5, 0.6) is 0 Å². The molecule has 1 amide bonds. The quantitative estimate of drug-likeness (QED) is 0.824.